The van der Waals surface area contributed by atoms with Crippen molar-refractivity contribution in [3.8, 4) is 0 Å². The molecule has 1 aliphatic heterocycles. The molecule has 1 saturated heterocycles. The number of H-pyrrole nitrogens is 1. The standard InChI is InChI=1S/C20H24FN3O2/c1-14-11-17(15(2)22-14)13-20(26)24-9-7-23(8-10-24)19(25)12-16-3-5-18(21)6-4-16/h3-6,11,22H,7-10,12-13H2,1-2H3. The Kier molecular flexibility index (Phi) is 5.40. The lowest BCUT2D eigenvalue weighted by atomic mass is 10.1. The fourth-order valence-electron chi connectivity index (χ4n) is 3.33. The Morgan fingerprint density at radius 3 is 2.00 bits per heavy atom. The lowest BCUT2D eigenvalue weighted by molar-refractivity contribution is -0.138. The van der Waals surface area contributed by atoms with Crippen molar-refractivity contribution < 1.29 is 14.0 Å². The van der Waals surface area contributed by atoms with Crippen molar-refractivity contribution in [2.24, 2.45) is 0 Å². The van der Waals surface area contributed by atoms with Gasteiger partial charge < -0.3 is 14.8 Å². The van der Waals surface area contributed by atoms with Crippen LogP contribution in [-0.4, -0.2) is 52.8 Å². The van der Waals surface area contributed by atoms with Gasteiger partial charge >= 0.3 is 0 Å². The number of aromatic nitrogens is 1. The van der Waals surface area contributed by atoms with Crippen LogP contribution in [0.15, 0.2) is 30.3 Å². The van der Waals surface area contributed by atoms with E-state index >= 15 is 0 Å². The molecule has 1 aromatic heterocycles. The molecule has 0 spiro atoms. The third-order valence-corrected chi connectivity index (χ3v) is 4.85. The van der Waals surface area contributed by atoms with Gasteiger partial charge in [-0.05, 0) is 43.2 Å². The van der Waals surface area contributed by atoms with E-state index in [4.69, 9.17) is 0 Å². The minimum absolute atomic E-state index is 0.0146. The molecule has 6 heteroatoms. The average Bonchev–Trinajstić information content (AvgIpc) is 2.94. The second kappa shape index (κ2) is 7.72. The van der Waals surface area contributed by atoms with Crippen molar-refractivity contribution in [2.75, 3.05) is 26.2 Å². The molecule has 1 aromatic carbocycles. The van der Waals surface area contributed by atoms with Gasteiger partial charge in [0.1, 0.15) is 5.82 Å². The predicted molar refractivity (Wildman–Crippen MR) is 97.2 cm³/mol. The highest BCUT2D eigenvalue weighted by Crippen LogP contribution is 2.13. The van der Waals surface area contributed by atoms with E-state index in [1.165, 1.54) is 12.1 Å². The molecule has 0 saturated carbocycles. The number of hydrogen-bond donors (Lipinski definition) is 1. The molecular weight excluding hydrogens is 333 g/mol. The first-order valence-electron chi connectivity index (χ1n) is 8.87. The number of aromatic amines is 1. The zero-order valence-electron chi connectivity index (χ0n) is 15.2. The second-order valence-electron chi connectivity index (χ2n) is 6.84. The molecule has 2 aromatic rings. The zero-order valence-corrected chi connectivity index (χ0v) is 15.2. The normalized spacial score (nSPS) is 14.6. The Morgan fingerprint density at radius 1 is 0.962 bits per heavy atom. The van der Waals surface area contributed by atoms with Gasteiger partial charge in [-0.25, -0.2) is 4.39 Å². The Hall–Kier alpha value is -2.63. The fourth-order valence-corrected chi connectivity index (χ4v) is 3.33. The number of rotatable bonds is 4. The van der Waals surface area contributed by atoms with Crippen molar-refractivity contribution in [3.05, 3.63) is 58.7 Å². The molecule has 1 aliphatic rings. The van der Waals surface area contributed by atoms with E-state index in [2.05, 4.69) is 4.98 Å². The first kappa shape index (κ1) is 18.2. The number of halogens is 1. The van der Waals surface area contributed by atoms with E-state index < -0.39 is 0 Å². The van der Waals surface area contributed by atoms with Crippen molar-refractivity contribution in [1.29, 1.82) is 0 Å². The maximum Gasteiger partial charge on any atom is 0.227 e. The van der Waals surface area contributed by atoms with E-state index in [0.717, 1.165) is 22.5 Å². The summed E-state index contributed by atoms with van der Waals surface area (Å²) in [5, 5.41) is 0. The van der Waals surface area contributed by atoms with Gasteiger partial charge in [-0.1, -0.05) is 12.1 Å². The molecule has 3 rings (SSSR count). The molecule has 5 nitrogen and oxygen atoms in total. The van der Waals surface area contributed by atoms with Crippen LogP contribution in [0.1, 0.15) is 22.5 Å². The number of carbonyl (C=O) groups excluding carboxylic acids is 2. The van der Waals surface area contributed by atoms with Crippen LogP contribution in [0.4, 0.5) is 4.39 Å². The van der Waals surface area contributed by atoms with Gasteiger partial charge in [-0.2, -0.15) is 0 Å². The Balaban J connectivity index is 1.50. The average molecular weight is 357 g/mol. The third-order valence-electron chi connectivity index (χ3n) is 4.85. The lowest BCUT2D eigenvalue weighted by Crippen LogP contribution is -2.51. The highest BCUT2D eigenvalue weighted by Gasteiger charge is 2.24. The number of aryl methyl sites for hydroxylation is 2. The number of benzene rings is 1. The molecular formula is C20H24FN3O2. The van der Waals surface area contributed by atoms with E-state index in [9.17, 15) is 14.0 Å². The van der Waals surface area contributed by atoms with Crippen LogP contribution >= 0.6 is 0 Å². The van der Waals surface area contributed by atoms with E-state index in [1.807, 2.05) is 24.8 Å². The molecule has 0 unspecified atom stereocenters. The summed E-state index contributed by atoms with van der Waals surface area (Å²) in [6, 6.07) is 8.01. The van der Waals surface area contributed by atoms with Crippen molar-refractivity contribution in [3.63, 3.8) is 0 Å². The predicted octanol–water partition coefficient (Wildman–Crippen LogP) is 2.23. The van der Waals surface area contributed by atoms with Crippen LogP contribution < -0.4 is 0 Å². The smallest absolute Gasteiger partial charge is 0.227 e. The number of amides is 2. The molecule has 26 heavy (non-hydrogen) atoms. The number of carbonyl (C=O) groups is 2. The molecule has 2 amide bonds. The van der Waals surface area contributed by atoms with Gasteiger partial charge in [-0.3, -0.25) is 9.59 Å². The minimum Gasteiger partial charge on any atom is -0.362 e. The summed E-state index contributed by atoms with van der Waals surface area (Å²) in [7, 11) is 0. The van der Waals surface area contributed by atoms with Gasteiger partial charge in [-0.15, -0.1) is 0 Å². The third kappa shape index (κ3) is 4.31. The Morgan fingerprint density at radius 2 is 1.50 bits per heavy atom. The van der Waals surface area contributed by atoms with Gasteiger partial charge in [0, 0.05) is 37.6 Å². The summed E-state index contributed by atoms with van der Waals surface area (Å²) in [6.07, 6.45) is 0.649. The maximum atomic E-state index is 12.9. The quantitative estimate of drug-likeness (QED) is 0.912. The van der Waals surface area contributed by atoms with Crippen molar-refractivity contribution >= 4 is 11.8 Å². The van der Waals surface area contributed by atoms with Crippen LogP contribution in [0.3, 0.4) is 0 Å². The SMILES string of the molecule is Cc1cc(CC(=O)N2CCN(C(=O)Cc3ccc(F)cc3)CC2)c(C)[nH]1. The molecule has 0 radical (unpaired) electrons. The van der Waals surface area contributed by atoms with E-state index in [0.29, 0.717) is 32.6 Å². The highest BCUT2D eigenvalue weighted by atomic mass is 19.1. The maximum absolute atomic E-state index is 12.9. The summed E-state index contributed by atoms with van der Waals surface area (Å²) < 4.78 is 12.9. The minimum atomic E-state index is -0.304. The van der Waals surface area contributed by atoms with E-state index in [1.54, 1.807) is 17.0 Å². The Labute approximate surface area is 152 Å². The zero-order chi connectivity index (χ0) is 18.7. The van der Waals surface area contributed by atoms with Crippen molar-refractivity contribution in [1.82, 2.24) is 14.8 Å². The van der Waals surface area contributed by atoms with Crippen LogP contribution in [0, 0.1) is 19.7 Å². The molecule has 0 bridgehead atoms. The molecule has 0 aliphatic carbocycles. The summed E-state index contributed by atoms with van der Waals surface area (Å²) in [5.74, 6) is -0.195. The molecule has 1 fully saturated rings. The summed E-state index contributed by atoms with van der Waals surface area (Å²) in [4.78, 5) is 31.7. The number of hydrogen-bond acceptors (Lipinski definition) is 2. The summed E-state index contributed by atoms with van der Waals surface area (Å²) in [6.45, 7) is 6.13. The van der Waals surface area contributed by atoms with Crippen LogP contribution in [0.5, 0.6) is 0 Å². The summed E-state index contributed by atoms with van der Waals surface area (Å²) in [5.41, 5.74) is 3.92. The molecule has 2 heterocycles. The van der Waals surface area contributed by atoms with Crippen LogP contribution in [0.25, 0.3) is 0 Å². The topological polar surface area (TPSA) is 56.4 Å². The lowest BCUT2D eigenvalue weighted by Gasteiger charge is -2.35. The molecule has 138 valence electrons. The number of nitrogens with one attached hydrogen (secondary N) is 1. The first-order chi connectivity index (χ1) is 12.4. The van der Waals surface area contributed by atoms with Gasteiger partial charge in [0.25, 0.3) is 0 Å². The van der Waals surface area contributed by atoms with Crippen molar-refractivity contribution in [2.45, 2.75) is 26.7 Å². The fraction of sp³-hybridized carbons (Fsp3) is 0.400. The molecule has 0 atom stereocenters. The van der Waals surface area contributed by atoms with Crippen LogP contribution in [-0.2, 0) is 22.4 Å². The first-order valence-corrected chi connectivity index (χ1v) is 8.87. The monoisotopic (exact) mass is 357 g/mol. The van der Waals surface area contributed by atoms with Gasteiger partial charge in [0.2, 0.25) is 11.8 Å². The van der Waals surface area contributed by atoms with Gasteiger partial charge in [0.15, 0.2) is 0 Å². The second-order valence-corrected chi connectivity index (χ2v) is 6.84. The molecule has 1 N–H and O–H groups in total. The van der Waals surface area contributed by atoms with E-state index in [-0.39, 0.29) is 24.1 Å². The number of piperazine rings is 1. The Bertz CT molecular complexity index is 790. The number of nitrogens with zero attached hydrogens (tertiary/aromatic N) is 2. The largest absolute Gasteiger partial charge is 0.362 e. The van der Waals surface area contributed by atoms with Gasteiger partial charge in [0.05, 0.1) is 12.8 Å². The van der Waals surface area contributed by atoms with Crippen LogP contribution in [0.2, 0.25) is 0 Å². The highest BCUT2D eigenvalue weighted by molar-refractivity contribution is 5.81. The summed E-state index contributed by atoms with van der Waals surface area (Å²) >= 11 is 0.